The van der Waals surface area contributed by atoms with Gasteiger partial charge < -0.3 is 10.1 Å². The highest BCUT2D eigenvalue weighted by Gasteiger charge is 2.10. The largest absolute Gasteiger partial charge is 0.477 e. The van der Waals surface area contributed by atoms with E-state index < -0.39 is 0 Å². The Morgan fingerprint density at radius 3 is 2.96 bits per heavy atom. The number of unbranched alkanes of at least 4 members (excludes halogenated alkanes) is 1. The molecule has 0 spiro atoms. The highest BCUT2D eigenvalue weighted by Crippen LogP contribution is 2.18. The number of nitrogens with zero attached hydrogens (tertiary/aromatic N) is 2. The minimum absolute atomic E-state index is 0.162. The number of amides is 1. The van der Waals surface area contributed by atoms with Crippen LogP contribution in [0.1, 0.15) is 35.7 Å². The summed E-state index contributed by atoms with van der Waals surface area (Å²) < 4.78 is 5.70. The van der Waals surface area contributed by atoms with E-state index in [1.165, 1.54) is 0 Å². The standard InChI is InChI=1S/C20H20ClN3O2/c1-2-3-11-26-20-16(5-4-10-22-20)13-23-19(25)15-6-8-17-14(12-15)7-9-18(21)24-17/h4-10,12H,2-3,11,13H2,1H3,(H,23,25). The van der Waals surface area contributed by atoms with Crippen molar-refractivity contribution in [2.75, 3.05) is 6.61 Å². The second kappa shape index (κ2) is 8.63. The van der Waals surface area contributed by atoms with E-state index in [2.05, 4.69) is 22.2 Å². The maximum absolute atomic E-state index is 12.5. The molecule has 5 nitrogen and oxygen atoms in total. The summed E-state index contributed by atoms with van der Waals surface area (Å²) >= 11 is 5.89. The molecule has 0 saturated carbocycles. The van der Waals surface area contributed by atoms with E-state index in [9.17, 15) is 4.79 Å². The summed E-state index contributed by atoms with van der Waals surface area (Å²) in [5.74, 6) is 0.406. The van der Waals surface area contributed by atoms with Gasteiger partial charge in [-0.3, -0.25) is 4.79 Å². The van der Waals surface area contributed by atoms with Crippen LogP contribution in [0.3, 0.4) is 0 Å². The van der Waals surface area contributed by atoms with E-state index in [4.69, 9.17) is 16.3 Å². The Morgan fingerprint density at radius 2 is 2.12 bits per heavy atom. The lowest BCUT2D eigenvalue weighted by Gasteiger charge is -2.11. The van der Waals surface area contributed by atoms with E-state index in [0.717, 1.165) is 29.3 Å². The summed E-state index contributed by atoms with van der Waals surface area (Å²) in [5.41, 5.74) is 2.18. The molecule has 1 N–H and O–H groups in total. The molecule has 26 heavy (non-hydrogen) atoms. The predicted molar refractivity (Wildman–Crippen MR) is 103 cm³/mol. The van der Waals surface area contributed by atoms with Crippen LogP contribution >= 0.6 is 11.6 Å². The SMILES string of the molecule is CCCCOc1ncccc1CNC(=O)c1ccc2nc(Cl)ccc2c1. The maximum atomic E-state index is 12.5. The van der Waals surface area contributed by atoms with Crippen LogP contribution in [0, 0.1) is 0 Å². The van der Waals surface area contributed by atoms with Gasteiger partial charge in [-0.25, -0.2) is 9.97 Å². The van der Waals surface area contributed by atoms with Crippen molar-refractivity contribution in [3.63, 3.8) is 0 Å². The van der Waals surface area contributed by atoms with Gasteiger partial charge in [0.1, 0.15) is 5.15 Å². The molecule has 0 aliphatic rings. The number of carbonyl (C=O) groups excluding carboxylic acids is 1. The zero-order valence-electron chi connectivity index (χ0n) is 14.5. The highest BCUT2D eigenvalue weighted by atomic mass is 35.5. The van der Waals surface area contributed by atoms with Crippen LogP contribution in [0.5, 0.6) is 5.88 Å². The number of halogens is 1. The van der Waals surface area contributed by atoms with Crippen LogP contribution < -0.4 is 10.1 Å². The zero-order chi connectivity index (χ0) is 18.4. The van der Waals surface area contributed by atoms with Gasteiger partial charge in [-0.05, 0) is 42.8 Å². The number of hydrogen-bond acceptors (Lipinski definition) is 4. The molecule has 0 unspecified atom stereocenters. The molecule has 2 aromatic heterocycles. The van der Waals surface area contributed by atoms with Crippen molar-refractivity contribution in [3.05, 3.63) is 64.9 Å². The van der Waals surface area contributed by atoms with Crippen molar-refractivity contribution >= 4 is 28.4 Å². The first-order valence-electron chi connectivity index (χ1n) is 8.58. The molecule has 134 valence electrons. The lowest BCUT2D eigenvalue weighted by atomic mass is 10.1. The molecule has 0 saturated heterocycles. The number of rotatable bonds is 7. The Labute approximate surface area is 157 Å². The Morgan fingerprint density at radius 1 is 1.23 bits per heavy atom. The number of carbonyl (C=O) groups is 1. The molecular weight excluding hydrogens is 350 g/mol. The van der Waals surface area contributed by atoms with Crippen LogP contribution in [0.2, 0.25) is 5.15 Å². The van der Waals surface area contributed by atoms with E-state index in [0.29, 0.717) is 29.7 Å². The number of fused-ring (bicyclic) bond motifs is 1. The fourth-order valence-corrected chi connectivity index (χ4v) is 2.68. The molecule has 3 rings (SSSR count). The number of aromatic nitrogens is 2. The third kappa shape index (κ3) is 4.49. The van der Waals surface area contributed by atoms with Gasteiger partial charge in [-0.1, -0.05) is 31.0 Å². The topological polar surface area (TPSA) is 64.1 Å². The molecule has 0 aliphatic carbocycles. The normalized spacial score (nSPS) is 10.7. The second-order valence-corrected chi connectivity index (χ2v) is 6.28. The zero-order valence-corrected chi connectivity index (χ0v) is 15.3. The van der Waals surface area contributed by atoms with Crippen LogP contribution in [0.25, 0.3) is 10.9 Å². The Hall–Kier alpha value is -2.66. The highest BCUT2D eigenvalue weighted by molar-refractivity contribution is 6.29. The van der Waals surface area contributed by atoms with Crippen LogP contribution in [0.4, 0.5) is 0 Å². The number of pyridine rings is 2. The number of hydrogen-bond donors (Lipinski definition) is 1. The maximum Gasteiger partial charge on any atom is 0.251 e. The predicted octanol–water partition coefficient (Wildman–Crippen LogP) is 4.39. The van der Waals surface area contributed by atoms with Gasteiger partial charge in [0.05, 0.1) is 12.1 Å². The first kappa shape index (κ1) is 18.1. The monoisotopic (exact) mass is 369 g/mol. The van der Waals surface area contributed by atoms with Crippen molar-refractivity contribution in [2.45, 2.75) is 26.3 Å². The molecule has 1 amide bonds. The first-order valence-corrected chi connectivity index (χ1v) is 8.96. The number of ether oxygens (including phenoxy) is 1. The number of benzene rings is 1. The molecule has 0 atom stereocenters. The minimum atomic E-state index is -0.162. The van der Waals surface area contributed by atoms with Gasteiger partial charge in [0.25, 0.3) is 5.91 Å². The van der Waals surface area contributed by atoms with Gasteiger partial charge in [-0.2, -0.15) is 0 Å². The lowest BCUT2D eigenvalue weighted by Crippen LogP contribution is -2.23. The first-order chi connectivity index (χ1) is 12.7. The van der Waals surface area contributed by atoms with Crippen molar-refractivity contribution < 1.29 is 9.53 Å². The molecule has 0 radical (unpaired) electrons. The average molecular weight is 370 g/mol. The van der Waals surface area contributed by atoms with Crippen LogP contribution in [-0.2, 0) is 6.54 Å². The summed E-state index contributed by atoms with van der Waals surface area (Å²) in [6.45, 7) is 3.08. The van der Waals surface area contributed by atoms with Crippen molar-refractivity contribution in [3.8, 4) is 5.88 Å². The van der Waals surface area contributed by atoms with Crippen molar-refractivity contribution in [1.82, 2.24) is 15.3 Å². The van der Waals surface area contributed by atoms with Gasteiger partial charge in [0, 0.05) is 29.3 Å². The third-order valence-electron chi connectivity index (χ3n) is 3.94. The summed E-state index contributed by atoms with van der Waals surface area (Å²) in [6.07, 6.45) is 3.71. The van der Waals surface area contributed by atoms with Gasteiger partial charge in [-0.15, -0.1) is 0 Å². The lowest BCUT2D eigenvalue weighted by molar-refractivity contribution is 0.0950. The fraction of sp³-hybridized carbons (Fsp3) is 0.250. The molecular formula is C20H20ClN3O2. The summed E-state index contributed by atoms with van der Waals surface area (Å²) in [5, 5.41) is 4.22. The average Bonchev–Trinajstić information content (AvgIpc) is 2.66. The molecule has 2 heterocycles. The molecule has 1 aromatic carbocycles. The summed E-state index contributed by atoms with van der Waals surface area (Å²) in [7, 11) is 0. The molecule has 0 fully saturated rings. The summed E-state index contributed by atoms with van der Waals surface area (Å²) in [6, 6.07) is 12.6. The third-order valence-corrected chi connectivity index (χ3v) is 4.15. The second-order valence-electron chi connectivity index (χ2n) is 5.89. The van der Waals surface area contributed by atoms with Crippen LogP contribution in [0.15, 0.2) is 48.7 Å². The van der Waals surface area contributed by atoms with E-state index in [-0.39, 0.29) is 5.91 Å². The molecule has 6 heteroatoms. The number of nitrogens with one attached hydrogen (secondary N) is 1. The van der Waals surface area contributed by atoms with Gasteiger partial charge in [0.2, 0.25) is 5.88 Å². The Balaban J connectivity index is 1.68. The van der Waals surface area contributed by atoms with Crippen molar-refractivity contribution in [2.24, 2.45) is 0 Å². The van der Waals surface area contributed by atoms with E-state index in [1.807, 2.05) is 18.2 Å². The minimum Gasteiger partial charge on any atom is -0.477 e. The van der Waals surface area contributed by atoms with Gasteiger partial charge in [0.15, 0.2) is 0 Å². The fourth-order valence-electron chi connectivity index (χ4n) is 2.52. The Kier molecular flexibility index (Phi) is 6.02. The van der Waals surface area contributed by atoms with E-state index >= 15 is 0 Å². The van der Waals surface area contributed by atoms with Crippen LogP contribution in [-0.4, -0.2) is 22.5 Å². The van der Waals surface area contributed by atoms with Crippen molar-refractivity contribution in [1.29, 1.82) is 0 Å². The smallest absolute Gasteiger partial charge is 0.251 e. The van der Waals surface area contributed by atoms with Gasteiger partial charge >= 0.3 is 0 Å². The summed E-state index contributed by atoms with van der Waals surface area (Å²) in [4.78, 5) is 21.0. The molecule has 0 aliphatic heterocycles. The quantitative estimate of drug-likeness (QED) is 0.495. The molecule has 3 aromatic rings. The molecule has 0 bridgehead atoms. The van der Waals surface area contributed by atoms with E-state index in [1.54, 1.807) is 30.5 Å². The Bertz CT molecular complexity index is 914.